The highest BCUT2D eigenvalue weighted by Crippen LogP contribution is 2.46. The Hall–Kier alpha value is -1.75. The molecule has 0 N–H and O–H groups in total. The molecular weight excluding hydrogens is 305 g/mol. The summed E-state index contributed by atoms with van der Waals surface area (Å²) in [6.45, 7) is 1.32. The second-order valence-corrected chi connectivity index (χ2v) is 4.82. The van der Waals surface area contributed by atoms with E-state index < -0.39 is 18.1 Å². The highest BCUT2D eigenvalue weighted by atomic mass is 35.5. The molecule has 0 aromatic rings. The number of esters is 1. The number of halogens is 4. The third-order valence-electron chi connectivity index (χ3n) is 3.04. The van der Waals surface area contributed by atoms with Gasteiger partial charge in [-0.2, -0.15) is 13.2 Å². The standard InChI is InChI=1S/C15H12ClF3O2/c1-2-21-14(20)13(15(17,18)19)12-10-7-5-3-4-6-9(10)8-11(12)16/h3-8,13H,2H2,1H3/t13-/m0/s1. The van der Waals surface area contributed by atoms with Crippen LogP contribution in [0.2, 0.25) is 5.02 Å². The lowest BCUT2D eigenvalue weighted by Crippen LogP contribution is -2.30. The molecule has 0 heterocycles. The van der Waals surface area contributed by atoms with Gasteiger partial charge in [-0.3, -0.25) is 4.79 Å². The molecule has 0 radical (unpaired) electrons. The lowest BCUT2D eigenvalue weighted by Gasteiger charge is -2.19. The van der Waals surface area contributed by atoms with Crippen LogP contribution in [0.25, 0.3) is 11.1 Å². The van der Waals surface area contributed by atoms with Crippen LogP contribution in [0.3, 0.4) is 0 Å². The zero-order valence-electron chi connectivity index (χ0n) is 11.1. The van der Waals surface area contributed by atoms with E-state index in [0.717, 1.165) is 0 Å². The van der Waals surface area contributed by atoms with Crippen molar-refractivity contribution in [3.8, 4) is 11.1 Å². The van der Waals surface area contributed by atoms with Gasteiger partial charge in [-0.05, 0) is 24.1 Å². The quantitative estimate of drug-likeness (QED) is 0.770. The summed E-state index contributed by atoms with van der Waals surface area (Å²) < 4.78 is 44.5. The third-order valence-corrected chi connectivity index (χ3v) is 3.35. The van der Waals surface area contributed by atoms with Gasteiger partial charge in [0.2, 0.25) is 0 Å². The first kappa shape index (κ1) is 15.6. The van der Waals surface area contributed by atoms with Gasteiger partial charge < -0.3 is 4.74 Å². The van der Waals surface area contributed by atoms with Crippen LogP contribution >= 0.6 is 11.6 Å². The average molecular weight is 317 g/mol. The number of ether oxygens (including phenoxy) is 1. The van der Waals surface area contributed by atoms with E-state index in [0.29, 0.717) is 11.1 Å². The summed E-state index contributed by atoms with van der Waals surface area (Å²) in [5.41, 5.74) is 0.577. The number of hydrogen-bond donors (Lipinski definition) is 0. The highest BCUT2D eigenvalue weighted by Gasteiger charge is 2.49. The van der Waals surface area contributed by atoms with Gasteiger partial charge in [0.25, 0.3) is 0 Å². The molecule has 1 atom stereocenters. The molecule has 2 aliphatic rings. The number of carbonyl (C=O) groups is 1. The molecule has 0 amide bonds. The fraction of sp³-hybridized carbons (Fsp3) is 0.267. The van der Waals surface area contributed by atoms with Gasteiger partial charge in [0.05, 0.1) is 6.61 Å². The molecular formula is C15H12ClF3O2. The van der Waals surface area contributed by atoms with Gasteiger partial charge in [0.15, 0.2) is 5.92 Å². The average Bonchev–Trinajstić information content (AvgIpc) is 2.56. The van der Waals surface area contributed by atoms with Crippen LogP contribution in [0, 0.1) is 0 Å². The van der Waals surface area contributed by atoms with Crippen molar-refractivity contribution in [2.45, 2.75) is 19.0 Å². The van der Waals surface area contributed by atoms with E-state index in [1.807, 2.05) is 0 Å². The maximum atomic E-state index is 13.3. The Kier molecular flexibility index (Phi) is 4.42. The molecule has 0 aromatic heterocycles. The minimum atomic E-state index is -4.77. The van der Waals surface area contributed by atoms with Gasteiger partial charge in [0.1, 0.15) is 0 Å². The summed E-state index contributed by atoms with van der Waals surface area (Å²) in [5.74, 6) is -3.73. The van der Waals surface area contributed by atoms with Crippen LogP contribution in [0.5, 0.6) is 0 Å². The first-order chi connectivity index (χ1) is 9.86. The number of alkyl halides is 3. The van der Waals surface area contributed by atoms with Crippen molar-refractivity contribution < 1.29 is 22.7 Å². The van der Waals surface area contributed by atoms with Crippen molar-refractivity contribution in [2.75, 3.05) is 6.61 Å². The Morgan fingerprint density at radius 2 is 1.95 bits per heavy atom. The van der Waals surface area contributed by atoms with E-state index in [9.17, 15) is 18.0 Å². The molecule has 0 bridgehead atoms. The second kappa shape index (κ2) is 5.93. The van der Waals surface area contributed by atoms with Crippen molar-refractivity contribution in [3.05, 3.63) is 47.0 Å². The monoisotopic (exact) mass is 316 g/mol. The second-order valence-electron chi connectivity index (χ2n) is 4.41. The Balaban J connectivity index is 2.62. The normalized spacial score (nSPS) is 13.2. The highest BCUT2D eigenvalue weighted by molar-refractivity contribution is 6.33. The molecule has 21 heavy (non-hydrogen) atoms. The topological polar surface area (TPSA) is 26.3 Å². The molecule has 0 aromatic carbocycles. The zero-order chi connectivity index (χ0) is 15.6. The number of hydrogen-bond acceptors (Lipinski definition) is 2. The van der Waals surface area contributed by atoms with E-state index in [4.69, 9.17) is 11.6 Å². The van der Waals surface area contributed by atoms with E-state index in [1.54, 1.807) is 24.3 Å². The molecule has 2 aliphatic carbocycles. The maximum Gasteiger partial charge on any atom is 0.406 e. The fourth-order valence-corrected chi connectivity index (χ4v) is 2.54. The number of rotatable bonds is 3. The fourth-order valence-electron chi connectivity index (χ4n) is 2.21. The predicted molar refractivity (Wildman–Crippen MR) is 73.5 cm³/mol. The molecule has 2 nitrogen and oxygen atoms in total. The molecule has 2 rings (SSSR count). The van der Waals surface area contributed by atoms with E-state index in [-0.39, 0.29) is 17.2 Å². The van der Waals surface area contributed by atoms with Crippen LogP contribution in [-0.2, 0) is 9.53 Å². The molecule has 0 spiro atoms. The van der Waals surface area contributed by atoms with Crippen LogP contribution in [0.4, 0.5) is 13.2 Å². The van der Waals surface area contributed by atoms with Crippen LogP contribution in [0.1, 0.15) is 18.4 Å². The maximum absolute atomic E-state index is 13.3. The Morgan fingerprint density at radius 1 is 1.29 bits per heavy atom. The smallest absolute Gasteiger partial charge is 0.406 e. The summed E-state index contributed by atoms with van der Waals surface area (Å²) in [6, 6.07) is 9.54. The lowest BCUT2D eigenvalue weighted by molar-refractivity contribution is -0.180. The largest absolute Gasteiger partial charge is 0.465 e. The first-order valence-electron chi connectivity index (χ1n) is 6.26. The minimum absolute atomic E-state index is 0.0911. The van der Waals surface area contributed by atoms with Gasteiger partial charge in [-0.15, -0.1) is 0 Å². The minimum Gasteiger partial charge on any atom is -0.465 e. The molecule has 6 heteroatoms. The number of carbonyl (C=O) groups excluding carboxylic acids is 1. The molecule has 0 fully saturated rings. The summed E-state index contributed by atoms with van der Waals surface area (Å²) >= 11 is 5.95. The van der Waals surface area contributed by atoms with Gasteiger partial charge >= 0.3 is 12.1 Å². The predicted octanol–water partition coefficient (Wildman–Crippen LogP) is 4.65. The first-order valence-corrected chi connectivity index (χ1v) is 6.64. The van der Waals surface area contributed by atoms with E-state index in [1.165, 1.54) is 19.1 Å². The summed E-state index contributed by atoms with van der Waals surface area (Å²) in [4.78, 5) is 11.8. The van der Waals surface area contributed by atoms with Gasteiger partial charge in [0, 0.05) is 10.6 Å². The Labute approximate surface area is 124 Å². The van der Waals surface area contributed by atoms with Crippen LogP contribution in [-0.4, -0.2) is 18.8 Å². The SMILES string of the molecule is CCOC(=O)[C@H](c1c(Cl)cc2cccccc1-2)C(F)(F)F. The molecule has 0 aliphatic heterocycles. The summed E-state index contributed by atoms with van der Waals surface area (Å²) in [6.07, 6.45) is -4.77. The van der Waals surface area contributed by atoms with Crippen molar-refractivity contribution in [1.82, 2.24) is 0 Å². The van der Waals surface area contributed by atoms with Crippen molar-refractivity contribution in [2.24, 2.45) is 0 Å². The third kappa shape index (κ3) is 3.13. The number of fused-ring (bicyclic) bond motifs is 1. The van der Waals surface area contributed by atoms with Crippen molar-refractivity contribution >= 4 is 17.6 Å². The van der Waals surface area contributed by atoms with Crippen molar-refractivity contribution in [3.63, 3.8) is 0 Å². The van der Waals surface area contributed by atoms with Gasteiger partial charge in [-0.1, -0.05) is 41.9 Å². The van der Waals surface area contributed by atoms with Crippen LogP contribution in [0.15, 0.2) is 36.4 Å². The molecule has 0 saturated heterocycles. The zero-order valence-corrected chi connectivity index (χ0v) is 11.8. The molecule has 0 saturated carbocycles. The summed E-state index contributed by atoms with van der Waals surface area (Å²) in [7, 11) is 0. The van der Waals surface area contributed by atoms with E-state index >= 15 is 0 Å². The lowest BCUT2D eigenvalue weighted by atomic mass is 9.96. The Bertz CT molecular complexity index is 625. The Morgan fingerprint density at radius 3 is 2.57 bits per heavy atom. The van der Waals surface area contributed by atoms with E-state index in [2.05, 4.69) is 4.74 Å². The van der Waals surface area contributed by atoms with Crippen LogP contribution < -0.4 is 0 Å². The van der Waals surface area contributed by atoms with Gasteiger partial charge in [-0.25, -0.2) is 0 Å². The molecule has 0 unspecified atom stereocenters. The molecule has 112 valence electrons. The summed E-state index contributed by atoms with van der Waals surface area (Å²) in [5, 5.41) is -0.0911. The van der Waals surface area contributed by atoms with Crippen molar-refractivity contribution in [1.29, 1.82) is 0 Å².